The Hall–Kier alpha value is -2.86. The molecule has 2 atom stereocenters. The zero-order valence-corrected chi connectivity index (χ0v) is 17.0. The quantitative estimate of drug-likeness (QED) is 0.700. The van der Waals surface area contributed by atoms with E-state index < -0.39 is 17.9 Å². The fraction of sp³-hybridized carbons (Fsp3) is 0.318. The van der Waals surface area contributed by atoms with E-state index in [2.05, 4.69) is 10.6 Å². The molecule has 0 radical (unpaired) electrons. The van der Waals surface area contributed by atoms with Gasteiger partial charge in [0.05, 0.1) is 24.5 Å². The zero-order valence-electron chi connectivity index (χ0n) is 16.3. The minimum Gasteiger partial charge on any atom is -0.463 e. The number of carbonyl (C=O) groups is 3. The van der Waals surface area contributed by atoms with Crippen LogP contribution in [0.1, 0.15) is 49.8 Å². The number of rotatable bonds is 6. The van der Waals surface area contributed by atoms with Crippen LogP contribution in [0, 0.1) is 0 Å². The van der Waals surface area contributed by atoms with Crippen molar-refractivity contribution in [3.63, 3.8) is 0 Å². The molecule has 0 saturated carbocycles. The fourth-order valence-corrected chi connectivity index (χ4v) is 3.66. The lowest BCUT2D eigenvalue weighted by Gasteiger charge is -2.27. The zero-order chi connectivity index (χ0) is 21.0. The van der Waals surface area contributed by atoms with Gasteiger partial charge >= 0.3 is 5.97 Å². The monoisotopic (exact) mass is 414 g/mol. The van der Waals surface area contributed by atoms with Gasteiger partial charge in [0.25, 0.3) is 0 Å². The second-order valence-electron chi connectivity index (χ2n) is 7.22. The smallest absolute Gasteiger partial charge is 0.308 e. The summed E-state index contributed by atoms with van der Waals surface area (Å²) in [6.07, 6.45) is -0.290. The second kappa shape index (κ2) is 9.09. The number of anilines is 1. The summed E-state index contributed by atoms with van der Waals surface area (Å²) < 4.78 is 5.24. The van der Waals surface area contributed by atoms with Gasteiger partial charge in [0, 0.05) is 17.1 Å². The first kappa shape index (κ1) is 20.9. The van der Waals surface area contributed by atoms with Gasteiger partial charge in [-0.1, -0.05) is 48.0 Å². The van der Waals surface area contributed by atoms with E-state index in [-0.39, 0.29) is 30.8 Å². The number of para-hydroxylation sites is 1. The molecule has 0 aliphatic carbocycles. The van der Waals surface area contributed by atoms with Crippen molar-refractivity contribution >= 4 is 35.1 Å². The average molecular weight is 415 g/mol. The molecule has 1 heterocycles. The number of esters is 1. The minimum absolute atomic E-state index is 0.0362. The standard InChI is InChI=1S/C22H23ClN2O4/c1-13(2)29-21(27)12-19(15-8-3-5-9-17(15)23)25-22(28)16-11-20(26)24-18-10-6-4-7-14(16)18/h3-10,13,16,19H,11-12H2,1-2H3,(H,24,26)(H,25,28)/t16-,19-/m1/s1. The molecular formula is C22H23ClN2O4. The maximum Gasteiger partial charge on any atom is 0.308 e. The van der Waals surface area contributed by atoms with Crippen molar-refractivity contribution in [3.8, 4) is 0 Å². The Labute approximate surface area is 174 Å². The third-order valence-corrected chi connectivity index (χ3v) is 5.00. The van der Waals surface area contributed by atoms with Crippen LogP contribution in [0.2, 0.25) is 5.02 Å². The van der Waals surface area contributed by atoms with Crippen LogP contribution in [0.5, 0.6) is 0 Å². The molecule has 3 rings (SSSR count). The number of halogens is 1. The number of hydrogen-bond acceptors (Lipinski definition) is 4. The Morgan fingerprint density at radius 3 is 2.59 bits per heavy atom. The minimum atomic E-state index is -0.667. The Morgan fingerprint density at radius 2 is 1.86 bits per heavy atom. The van der Waals surface area contributed by atoms with Gasteiger partial charge in [-0.2, -0.15) is 0 Å². The maximum absolute atomic E-state index is 13.1. The number of amides is 2. The molecule has 2 aromatic rings. The molecule has 2 aromatic carbocycles. The van der Waals surface area contributed by atoms with Crippen molar-refractivity contribution in [1.29, 1.82) is 0 Å². The van der Waals surface area contributed by atoms with E-state index >= 15 is 0 Å². The Bertz CT molecular complexity index is 929. The number of hydrogen-bond donors (Lipinski definition) is 2. The first-order valence-electron chi connectivity index (χ1n) is 9.48. The molecule has 6 nitrogen and oxygen atoms in total. The first-order valence-corrected chi connectivity index (χ1v) is 9.86. The van der Waals surface area contributed by atoms with E-state index in [4.69, 9.17) is 16.3 Å². The molecule has 29 heavy (non-hydrogen) atoms. The SMILES string of the molecule is CC(C)OC(=O)C[C@@H](NC(=O)[C@@H]1CC(=O)Nc2ccccc21)c1ccccc1Cl. The predicted octanol–water partition coefficient (Wildman–Crippen LogP) is 3.97. The van der Waals surface area contributed by atoms with Crippen LogP contribution < -0.4 is 10.6 Å². The van der Waals surface area contributed by atoms with Crippen LogP contribution in [0.3, 0.4) is 0 Å². The molecule has 0 aromatic heterocycles. The second-order valence-corrected chi connectivity index (χ2v) is 7.62. The van der Waals surface area contributed by atoms with E-state index in [1.54, 1.807) is 50.2 Å². The lowest BCUT2D eigenvalue weighted by molar-refractivity contribution is -0.148. The fourth-order valence-electron chi connectivity index (χ4n) is 3.39. The summed E-state index contributed by atoms with van der Waals surface area (Å²) in [5.41, 5.74) is 1.99. The third kappa shape index (κ3) is 5.15. The van der Waals surface area contributed by atoms with Gasteiger partial charge in [0.15, 0.2) is 0 Å². The molecule has 1 aliphatic heterocycles. The summed E-state index contributed by atoms with van der Waals surface area (Å²) in [4.78, 5) is 37.5. The number of fused-ring (bicyclic) bond motifs is 1. The van der Waals surface area contributed by atoms with Crippen LogP contribution in [0.15, 0.2) is 48.5 Å². The van der Waals surface area contributed by atoms with Crippen molar-refractivity contribution < 1.29 is 19.1 Å². The van der Waals surface area contributed by atoms with Crippen molar-refractivity contribution in [2.75, 3.05) is 5.32 Å². The summed E-state index contributed by atoms with van der Waals surface area (Å²) in [5.74, 6) is -1.65. The molecule has 2 N–H and O–H groups in total. The lowest BCUT2D eigenvalue weighted by atomic mass is 9.89. The van der Waals surface area contributed by atoms with E-state index in [0.29, 0.717) is 16.3 Å². The number of ether oxygens (including phenoxy) is 1. The van der Waals surface area contributed by atoms with Crippen LogP contribution in [0.25, 0.3) is 0 Å². The highest BCUT2D eigenvalue weighted by Crippen LogP contribution is 2.33. The average Bonchev–Trinajstić information content (AvgIpc) is 2.66. The Kier molecular flexibility index (Phi) is 6.54. The van der Waals surface area contributed by atoms with Crippen molar-refractivity contribution in [3.05, 3.63) is 64.7 Å². The molecule has 0 bridgehead atoms. The van der Waals surface area contributed by atoms with Gasteiger partial charge < -0.3 is 15.4 Å². The van der Waals surface area contributed by atoms with Crippen molar-refractivity contribution in [1.82, 2.24) is 5.32 Å². The van der Waals surface area contributed by atoms with E-state index in [1.807, 2.05) is 12.1 Å². The molecule has 0 saturated heterocycles. The maximum atomic E-state index is 13.1. The van der Waals surface area contributed by atoms with Crippen LogP contribution in [-0.2, 0) is 19.1 Å². The number of benzene rings is 2. The molecule has 0 unspecified atom stereocenters. The molecule has 2 amide bonds. The van der Waals surface area contributed by atoms with E-state index in [9.17, 15) is 14.4 Å². The predicted molar refractivity (Wildman–Crippen MR) is 111 cm³/mol. The molecule has 0 fully saturated rings. The van der Waals surface area contributed by atoms with Crippen molar-refractivity contribution in [2.45, 2.75) is 44.8 Å². The molecule has 1 aliphatic rings. The summed E-state index contributed by atoms with van der Waals surface area (Å²) in [5, 5.41) is 6.13. The highest BCUT2D eigenvalue weighted by molar-refractivity contribution is 6.31. The third-order valence-electron chi connectivity index (χ3n) is 4.65. The highest BCUT2D eigenvalue weighted by Gasteiger charge is 2.32. The molecular weight excluding hydrogens is 392 g/mol. The van der Waals surface area contributed by atoms with E-state index in [1.165, 1.54) is 0 Å². The number of nitrogens with one attached hydrogen (secondary N) is 2. The first-order chi connectivity index (χ1) is 13.8. The molecule has 0 spiro atoms. The largest absolute Gasteiger partial charge is 0.463 e. The molecule has 152 valence electrons. The van der Waals surface area contributed by atoms with Crippen LogP contribution >= 0.6 is 11.6 Å². The summed E-state index contributed by atoms with van der Waals surface area (Å²) >= 11 is 6.31. The van der Waals surface area contributed by atoms with E-state index in [0.717, 1.165) is 5.56 Å². The number of carbonyl (C=O) groups excluding carboxylic acids is 3. The normalized spacial score (nSPS) is 16.6. The van der Waals surface area contributed by atoms with Gasteiger partial charge in [0.1, 0.15) is 0 Å². The highest BCUT2D eigenvalue weighted by atomic mass is 35.5. The lowest BCUT2D eigenvalue weighted by Crippen LogP contribution is -2.38. The summed E-state index contributed by atoms with van der Waals surface area (Å²) in [7, 11) is 0. The van der Waals surface area contributed by atoms with Gasteiger partial charge in [-0.25, -0.2) is 0 Å². The van der Waals surface area contributed by atoms with Gasteiger partial charge in [-0.15, -0.1) is 0 Å². The van der Waals surface area contributed by atoms with Gasteiger partial charge in [-0.3, -0.25) is 14.4 Å². The summed E-state index contributed by atoms with van der Waals surface area (Å²) in [6.45, 7) is 3.52. The van der Waals surface area contributed by atoms with Gasteiger partial charge in [-0.05, 0) is 37.1 Å². The van der Waals surface area contributed by atoms with Crippen LogP contribution in [0.4, 0.5) is 5.69 Å². The van der Waals surface area contributed by atoms with Crippen molar-refractivity contribution in [2.24, 2.45) is 0 Å². The Balaban J connectivity index is 1.86. The summed E-state index contributed by atoms with van der Waals surface area (Å²) in [6, 6.07) is 13.6. The van der Waals surface area contributed by atoms with Gasteiger partial charge in [0.2, 0.25) is 11.8 Å². The Morgan fingerprint density at radius 1 is 1.17 bits per heavy atom. The molecule has 7 heteroatoms. The van der Waals surface area contributed by atoms with Crippen LogP contribution in [-0.4, -0.2) is 23.9 Å². The topological polar surface area (TPSA) is 84.5 Å².